The highest BCUT2D eigenvalue weighted by Gasteiger charge is 2.28. The number of nitrogen functional groups attached to an aromatic ring is 1. The van der Waals surface area contributed by atoms with Crippen LogP contribution in [0.4, 0.5) is 10.2 Å². The number of aromatic nitrogens is 1. The Morgan fingerprint density at radius 2 is 1.97 bits per heavy atom. The number of nitrogens with zero attached hydrogens (tertiary/aromatic N) is 1. The summed E-state index contributed by atoms with van der Waals surface area (Å²) < 4.78 is 19.3. The lowest BCUT2D eigenvalue weighted by Crippen LogP contribution is -2.25. The lowest BCUT2D eigenvalue weighted by atomic mass is 9.99. The Kier molecular flexibility index (Phi) is 11.5. The predicted molar refractivity (Wildman–Crippen MR) is 122 cm³/mol. The Bertz CT molecular complexity index is 727. The van der Waals surface area contributed by atoms with Crippen molar-refractivity contribution in [3.05, 3.63) is 59.0 Å². The predicted octanol–water partition coefficient (Wildman–Crippen LogP) is 4.52. The van der Waals surface area contributed by atoms with Gasteiger partial charge in [0.25, 0.3) is 0 Å². The molecule has 2 aromatic rings. The number of nitrogens with two attached hydrogens (primary N) is 1. The van der Waals surface area contributed by atoms with Crippen molar-refractivity contribution in [1.29, 1.82) is 0 Å². The molecule has 2 heterocycles. The molecule has 0 unspecified atom stereocenters. The molecule has 1 aliphatic rings. The second-order valence-corrected chi connectivity index (χ2v) is 7.53. The molecule has 0 radical (unpaired) electrons. The van der Waals surface area contributed by atoms with Gasteiger partial charge in [-0.1, -0.05) is 18.6 Å². The zero-order valence-corrected chi connectivity index (χ0v) is 18.5. The van der Waals surface area contributed by atoms with Crippen molar-refractivity contribution in [2.75, 3.05) is 25.4 Å². The summed E-state index contributed by atoms with van der Waals surface area (Å²) in [6.07, 6.45) is 5.24. The third kappa shape index (κ3) is 8.47. The number of unbranched alkanes of at least 4 members (excludes halogenated alkanes) is 2. The summed E-state index contributed by atoms with van der Waals surface area (Å²) in [5.41, 5.74) is 9.14. The molecule has 1 saturated heterocycles. The minimum Gasteiger partial charge on any atom is -0.384 e. The van der Waals surface area contributed by atoms with E-state index in [4.69, 9.17) is 10.5 Å². The van der Waals surface area contributed by atoms with Gasteiger partial charge in [-0.15, -0.1) is 24.8 Å². The van der Waals surface area contributed by atoms with Gasteiger partial charge in [0.1, 0.15) is 11.6 Å². The molecular formula is C22H32Cl2FN3O. The molecule has 2 atom stereocenters. The first-order valence-electron chi connectivity index (χ1n) is 9.90. The second kappa shape index (κ2) is 13.0. The maximum Gasteiger partial charge on any atom is 0.123 e. The Hall–Kier alpha value is -1.40. The molecule has 1 aromatic heterocycles. The van der Waals surface area contributed by atoms with Gasteiger partial charge in [0.2, 0.25) is 0 Å². The molecule has 0 saturated carbocycles. The first-order valence-corrected chi connectivity index (χ1v) is 9.90. The van der Waals surface area contributed by atoms with Crippen LogP contribution in [0.2, 0.25) is 0 Å². The van der Waals surface area contributed by atoms with Crippen LogP contribution in [0.3, 0.4) is 0 Å². The minimum absolute atomic E-state index is 0. The van der Waals surface area contributed by atoms with Crippen LogP contribution >= 0.6 is 24.8 Å². The van der Waals surface area contributed by atoms with Gasteiger partial charge in [-0.25, -0.2) is 9.37 Å². The Balaban J connectivity index is 0.00000210. The number of halogens is 3. The highest BCUT2D eigenvalue weighted by Crippen LogP contribution is 2.20. The molecule has 0 amide bonds. The number of anilines is 1. The van der Waals surface area contributed by atoms with E-state index in [1.807, 2.05) is 19.1 Å². The number of nitrogens with one attached hydrogen (secondary N) is 1. The summed E-state index contributed by atoms with van der Waals surface area (Å²) in [7, 11) is 0. The van der Waals surface area contributed by atoms with Crippen molar-refractivity contribution in [3.63, 3.8) is 0 Å². The van der Waals surface area contributed by atoms with Crippen molar-refractivity contribution >= 4 is 30.6 Å². The summed E-state index contributed by atoms with van der Waals surface area (Å²) in [4.78, 5) is 4.46. The van der Waals surface area contributed by atoms with Crippen LogP contribution in [-0.2, 0) is 17.6 Å². The maximum atomic E-state index is 13.2. The molecule has 0 bridgehead atoms. The normalized spacial score (nSPS) is 18.1. The van der Waals surface area contributed by atoms with Crippen LogP contribution in [0.25, 0.3) is 0 Å². The number of pyridine rings is 1. The SMILES string of the molecule is Cc1cc(N)nc(C[C@H]2CNC[C@H]2OCCCCCc2cccc(F)c2)c1.Cl.Cl. The Morgan fingerprint density at radius 3 is 2.72 bits per heavy atom. The zero-order chi connectivity index (χ0) is 19.1. The molecule has 1 aliphatic heterocycles. The first kappa shape index (κ1) is 25.6. The number of benzene rings is 1. The second-order valence-electron chi connectivity index (χ2n) is 7.53. The van der Waals surface area contributed by atoms with Crippen molar-refractivity contribution < 1.29 is 9.13 Å². The number of ether oxygens (including phenoxy) is 1. The smallest absolute Gasteiger partial charge is 0.123 e. The third-order valence-electron chi connectivity index (χ3n) is 5.12. The van der Waals surface area contributed by atoms with Crippen LogP contribution in [0.5, 0.6) is 0 Å². The number of rotatable bonds is 9. The quantitative estimate of drug-likeness (QED) is 0.559. The van der Waals surface area contributed by atoms with Crippen LogP contribution in [0.15, 0.2) is 36.4 Å². The molecule has 3 rings (SSSR count). The average Bonchev–Trinajstić information content (AvgIpc) is 3.04. The summed E-state index contributed by atoms with van der Waals surface area (Å²) in [5.74, 6) is 0.873. The molecule has 1 fully saturated rings. The molecule has 0 spiro atoms. The first-order chi connectivity index (χ1) is 13.1. The fourth-order valence-corrected chi connectivity index (χ4v) is 3.78. The topological polar surface area (TPSA) is 60.2 Å². The highest BCUT2D eigenvalue weighted by molar-refractivity contribution is 5.85. The molecular weight excluding hydrogens is 412 g/mol. The Morgan fingerprint density at radius 1 is 1.14 bits per heavy atom. The summed E-state index contributed by atoms with van der Waals surface area (Å²) >= 11 is 0. The van der Waals surface area contributed by atoms with Crippen LogP contribution < -0.4 is 11.1 Å². The van der Waals surface area contributed by atoms with Crippen LogP contribution in [0.1, 0.15) is 36.1 Å². The van der Waals surface area contributed by atoms with E-state index in [9.17, 15) is 4.39 Å². The molecule has 3 N–H and O–H groups in total. The van der Waals surface area contributed by atoms with E-state index in [1.54, 1.807) is 12.1 Å². The number of hydrogen-bond acceptors (Lipinski definition) is 4. The van der Waals surface area contributed by atoms with Crippen molar-refractivity contribution in [2.45, 2.75) is 45.1 Å². The molecule has 1 aromatic carbocycles. The standard InChI is InChI=1S/C22H30FN3O.2ClH/c1-16-10-20(26-22(24)11-16)13-18-14-25-15-21(18)27-9-4-2-3-6-17-7-5-8-19(23)12-17;;/h5,7-8,10-12,18,21,25H,2-4,6,9,13-15H2,1H3,(H2,24,26);2*1H/t18-,21+;;/m0../s1. The van der Waals surface area contributed by atoms with Crippen LogP contribution in [-0.4, -0.2) is 30.8 Å². The van der Waals surface area contributed by atoms with Gasteiger partial charge >= 0.3 is 0 Å². The lowest BCUT2D eigenvalue weighted by Gasteiger charge is -2.19. The van der Waals surface area contributed by atoms with Gasteiger partial charge in [-0.05, 0) is 68.0 Å². The van der Waals surface area contributed by atoms with E-state index >= 15 is 0 Å². The molecule has 162 valence electrons. The molecule has 29 heavy (non-hydrogen) atoms. The summed E-state index contributed by atoms with van der Waals surface area (Å²) in [5, 5.41) is 3.43. The summed E-state index contributed by atoms with van der Waals surface area (Å²) in [6.45, 7) is 4.68. The van der Waals surface area contributed by atoms with E-state index in [2.05, 4.69) is 16.4 Å². The largest absolute Gasteiger partial charge is 0.384 e. The lowest BCUT2D eigenvalue weighted by molar-refractivity contribution is 0.0354. The zero-order valence-electron chi connectivity index (χ0n) is 16.9. The van der Waals surface area contributed by atoms with E-state index in [0.717, 1.165) is 68.6 Å². The van der Waals surface area contributed by atoms with Crippen LogP contribution in [0, 0.1) is 18.7 Å². The Labute approximate surface area is 185 Å². The molecule has 0 aliphatic carbocycles. The van der Waals surface area contributed by atoms with Gasteiger partial charge in [-0.2, -0.15) is 0 Å². The fraction of sp³-hybridized carbons (Fsp3) is 0.500. The number of aryl methyl sites for hydroxylation is 2. The highest BCUT2D eigenvalue weighted by atomic mass is 35.5. The van der Waals surface area contributed by atoms with Gasteiger partial charge in [-0.3, -0.25) is 0 Å². The van der Waals surface area contributed by atoms with Crippen molar-refractivity contribution in [2.24, 2.45) is 5.92 Å². The van der Waals surface area contributed by atoms with Gasteiger partial charge < -0.3 is 15.8 Å². The van der Waals surface area contributed by atoms with E-state index in [-0.39, 0.29) is 36.7 Å². The van der Waals surface area contributed by atoms with Crippen molar-refractivity contribution in [1.82, 2.24) is 10.3 Å². The maximum absolute atomic E-state index is 13.2. The van der Waals surface area contributed by atoms with E-state index < -0.39 is 0 Å². The molecule has 7 heteroatoms. The number of hydrogen-bond donors (Lipinski definition) is 2. The van der Waals surface area contributed by atoms with Crippen molar-refractivity contribution in [3.8, 4) is 0 Å². The summed E-state index contributed by atoms with van der Waals surface area (Å²) in [6, 6.07) is 10.9. The van der Waals surface area contributed by atoms with Gasteiger partial charge in [0.15, 0.2) is 0 Å². The monoisotopic (exact) mass is 443 g/mol. The van der Waals surface area contributed by atoms with E-state index in [1.165, 1.54) is 6.07 Å². The van der Waals surface area contributed by atoms with E-state index in [0.29, 0.717) is 11.7 Å². The third-order valence-corrected chi connectivity index (χ3v) is 5.12. The van der Waals surface area contributed by atoms with Gasteiger partial charge in [0.05, 0.1) is 6.10 Å². The fourth-order valence-electron chi connectivity index (χ4n) is 3.78. The minimum atomic E-state index is -0.152. The molecule has 4 nitrogen and oxygen atoms in total. The average molecular weight is 444 g/mol. The van der Waals surface area contributed by atoms with Gasteiger partial charge in [0, 0.05) is 31.3 Å².